The molecule has 3 heteroatoms. The van der Waals surface area contributed by atoms with Gasteiger partial charge in [0.05, 0.1) is 6.61 Å². The zero-order valence-corrected chi connectivity index (χ0v) is 6.75. The van der Waals surface area contributed by atoms with Gasteiger partial charge in [-0.15, -0.1) is 0 Å². The third-order valence-corrected chi connectivity index (χ3v) is 1.42. The van der Waals surface area contributed by atoms with Crippen LogP contribution < -0.4 is 0 Å². The fourth-order valence-corrected chi connectivity index (χ4v) is 0.927. The second-order valence-corrected chi connectivity index (χ2v) is 2.39. The average Bonchev–Trinajstić information content (AvgIpc) is 2.14. The number of hydrogen-bond acceptors (Lipinski definition) is 2. The molecule has 0 aliphatic heterocycles. The summed E-state index contributed by atoms with van der Waals surface area (Å²) in [5.74, 6) is 4.13. The minimum absolute atomic E-state index is 0.243. The molecule has 0 amide bonds. The monoisotopic (exact) mass is 178 g/mol. The van der Waals surface area contributed by atoms with E-state index >= 15 is 0 Å². The van der Waals surface area contributed by atoms with E-state index in [9.17, 15) is 9.18 Å². The molecule has 0 saturated carbocycles. The maximum Gasteiger partial charge on any atom is 0.193 e. The van der Waals surface area contributed by atoms with E-state index in [-0.39, 0.29) is 6.61 Å². The molecule has 0 spiro atoms. The van der Waals surface area contributed by atoms with Crippen molar-refractivity contribution in [2.24, 2.45) is 0 Å². The zero-order chi connectivity index (χ0) is 9.68. The standard InChI is InChI=1S/C10H7FO2/c11-10-5-8(2-1-3-12)4-9(6-10)7-13/h3-6,13H,7H2. The van der Waals surface area contributed by atoms with E-state index in [2.05, 4.69) is 11.8 Å². The molecule has 0 fully saturated rings. The maximum atomic E-state index is 12.8. The summed E-state index contributed by atoms with van der Waals surface area (Å²) in [7, 11) is 0. The van der Waals surface area contributed by atoms with Crippen LogP contribution in [-0.2, 0) is 11.4 Å². The molecule has 0 heterocycles. The van der Waals surface area contributed by atoms with Crippen LogP contribution in [0.5, 0.6) is 0 Å². The van der Waals surface area contributed by atoms with Crippen LogP contribution in [0, 0.1) is 17.7 Å². The lowest BCUT2D eigenvalue weighted by molar-refractivity contribution is -0.103. The Balaban J connectivity index is 3.08. The van der Waals surface area contributed by atoms with E-state index < -0.39 is 5.82 Å². The van der Waals surface area contributed by atoms with E-state index in [0.717, 1.165) is 0 Å². The zero-order valence-electron chi connectivity index (χ0n) is 6.75. The summed E-state index contributed by atoms with van der Waals surface area (Å²) >= 11 is 0. The van der Waals surface area contributed by atoms with Crippen LogP contribution in [0.15, 0.2) is 18.2 Å². The first kappa shape index (κ1) is 9.43. The molecule has 0 atom stereocenters. The number of halogens is 1. The molecule has 1 aromatic carbocycles. The highest BCUT2D eigenvalue weighted by Gasteiger charge is 1.97. The van der Waals surface area contributed by atoms with E-state index in [1.54, 1.807) is 0 Å². The Morgan fingerprint density at radius 1 is 1.46 bits per heavy atom. The summed E-state index contributed by atoms with van der Waals surface area (Å²) in [4.78, 5) is 9.90. The summed E-state index contributed by atoms with van der Waals surface area (Å²) in [5.41, 5.74) is 0.825. The molecule has 0 radical (unpaired) electrons. The largest absolute Gasteiger partial charge is 0.392 e. The Morgan fingerprint density at radius 2 is 2.23 bits per heavy atom. The lowest BCUT2D eigenvalue weighted by atomic mass is 10.1. The van der Waals surface area contributed by atoms with Crippen LogP contribution in [0.3, 0.4) is 0 Å². The van der Waals surface area contributed by atoms with Crippen LogP contribution in [-0.4, -0.2) is 11.4 Å². The minimum Gasteiger partial charge on any atom is -0.392 e. The summed E-state index contributed by atoms with van der Waals surface area (Å²) in [6.07, 6.45) is 0.434. The SMILES string of the molecule is O=CC#Cc1cc(F)cc(CO)c1. The highest BCUT2D eigenvalue weighted by atomic mass is 19.1. The van der Waals surface area contributed by atoms with Gasteiger partial charge >= 0.3 is 0 Å². The molecule has 1 rings (SSSR count). The summed E-state index contributed by atoms with van der Waals surface area (Å²) in [5, 5.41) is 8.73. The molecule has 0 unspecified atom stereocenters. The van der Waals surface area contributed by atoms with Gasteiger partial charge < -0.3 is 5.11 Å². The number of aldehydes is 1. The van der Waals surface area contributed by atoms with Crippen molar-refractivity contribution in [1.82, 2.24) is 0 Å². The predicted octanol–water partition coefficient (Wildman–Crippen LogP) is 0.868. The first-order chi connectivity index (χ1) is 6.26. The van der Waals surface area contributed by atoms with Crippen molar-refractivity contribution in [2.45, 2.75) is 6.61 Å². The summed E-state index contributed by atoms with van der Waals surface area (Å²) in [6.45, 7) is -0.243. The molecule has 13 heavy (non-hydrogen) atoms. The van der Waals surface area contributed by atoms with Crippen LogP contribution in [0.1, 0.15) is 11.1 Å². The lowest BCUT2D eigenvalue weighted by Gasteiger charge is -1.97. The molecule has 1 aromatic rings. The number of carbonyl (C=O) groups excluding carboxylic acids is 1. The van der Waals surface area contributed by atoms with Crippen molar-refractivity contribution >= 4 is 6.29 Å². The topological polar surface area (TPSA) is 37.3 Å². The van der Waals surface area contributed by atoms with Crippen LogP contribution >= 0.6 is 0 Å². The van der Waals surface area contributed by atoms with Gasteiger partial charge in [0.15, 0.2) is 6.29 Å². The highest BCUT2D eigenvalue weighted by molar-refractivity contribution is 5.73. The smallest absolute Gasteiger partial charge is 0.193 e. The van der Waals surface area contributed by atoms with E-state index in [1.165, 1.54) is 18.2 Å². The van der Waals surface area contributed by atoms with Crippen molar-refractivity contribution < 1.29 is 14.3 Å². The second kappa shape index (κ2) is 4.39. The lowest BCUT2D eigenvalue weighted by Crippen LogP contribution is -1.87. The van der Waals surface area contributed by atoms with E-state index in [4.69, 9.17) is 5.11 Å². The van der Waals surface area contributed by atoms with Crippen LogP contribution in [0.2, 0.25) is 0 Å². The van der Waals surface area contributed by atoms with Crippen molar-refractivity contribution in [2.75, 3.05) is 0 Å². The second-order valence-electron chi connectivity index (χ2n) is 2.39. The normalized spacial score (nSPS) is 8.77. The van der Waals surface area contributed by atoms with Gasteiger partial charge in [0.1, 0.15) is 5.82 Å². The van der Waals surface area contributed by atoms with Gasteiger partial charge in [-0.3, -0.25) is 4.79 Å². The number of hydrogen-bond donors (Lipinski definition) is 1. The number of carbonyl (C=O) groups is 1. The molecule has 0 aromatic heterocycles. The van der Waals surface area contributed by atoms with Gasteiger partial charge in [-0.05, 0) is 29.7 Å². The van der Waals surface area contributed by atoms with Gasteiger partial charge in [-0.1, -0.05) is 5.92 Å². The molecule has 0 bridgehead atoms. The minimum atomic E-state index is -0.471. The first-order valence-corrected chi connectivity index (χ1v) is 3.62. The molecule has 2 nitrogen and oxygen atoms in total. The molecule has 0 saturated heterocycles. The third kappa shape index (κ3) is 2.69. The number of benzene rings is 1. The fraction of sp³-hybridized carbons (Fsp3) is 0.100. The summed E-state index contributed by atoms with van der Waals surface area (Å²) < 4.78 is 12.8. The first-order valence-electron chi connectivity index (χ1n) is 3.62. The van der Waals surface area contributed by atoms with Crippen LogP contribution in [0.4, 0.5) is 4.39 Å². The Hall–Kier alpha value is -1.66. The number of rotatable bonds is 1. The molecule has 1 N–H and O–H groups in total. The third-order valence-electron chi connectivity index (χ3n) is 1.42. The Bertz CT molecular complexity index is 374. The molecule has 0 aliphatic rings. The van der Waals surface area contributed by atoms with Gasteiger partial charge in [0.25, 0.3) is 0 Å². The highest BCUT2D eigenvalue weighted by Crippen LogP contribution is 2.07. The molecule has 66 valence electrons. The van der Waals surface area contributed by atoms with Gasteiger partial charge in [-0.2, -0.15) is 0 Å². The van der Waals surface area contributed by atoms with E-state index in [1.807, 2.05) is 0 Å². The Labute approximate surface area is 75.0 Å². The molecule has 0 aliphatic carbocycles. The van der Waals surface area contributed by atoms with Crippen molar-refractivity contribution in [3.05, 3.63) is 35.1 Å². The van der Waals surface area contributed by atoms with Gasteiger partial charge in [-0.25, -0.2) is 4.39 Å². The van der Waals surface area contributed by atoms with Crippen molar-refractivity contribution in [3.63, 3.8) is 0 Å². The number of aliphatic hydroxyl groups is 1. The van der Waals surface area contributed by atoms with Crippen molar-refractivity contribution in [3.8, 4) is 11.8 Å². The van der Waals surface area contributed by atoms with Crippen LogP contribution in [0.25, 0.3) is 0 Å². The fourth-order valence-electron chi connectivity index (χ4n) is 0.927. The van der Waals surface area contributed by atoms with Gasteiger partial charge in [0, 0.05) is 5.56 Å². The Morgan fingerprint density at radius 3 is 2.85 bits per heavy atom. The quantitative estimate of drug-likeness (QED) is 0.511. The predicted molar refractivity (Wildman–Crippen MR) is 45.3 cm³/mol. The average molecular weight is 178 g/mol. The Kier molecular flexibility index (Phi) is 3.18. The van der Waals surface area contributed by atoms with Gasteiger partial charge in [0.2, 0.25) is 0 Å². The maximum absolute atomic E-state index is 12.8. The van der Waals surface area contributed by atoms with Crippen molar-refractivity contribution in [1.29, 1.82) is 0 Å². The van der Waals surface area contributed by atoms with E-state index in [0.29, 0.717) is 17.4 Å². The number of aliphatic hydroxyl groups excluding tert-OH is 1. The molecular weight excluding hydrogens is 171 g/mol. The molecular formula is C10H7FO2. The summed E-state index contributed by atoms with van der Waals surface area (Å²) in [6, 6.07) is 3.95.